The summed E-state index contributed by atoms with van der Waals surface area (Å²) in [6.45, 7) is 9.29. The Balaban J connectivity index is 1.15. The van der Waals surface area contributed by atoms with Crippen LogP contribution in [-0.4, -0.2) is 6.71 Å². The average molecular weight is 785 g/mol. The molecule has 2 aliphatic carbocycles. The Kier molecular flexibility index (Phi) is 6.85. The average Bonchev–Trinajstić information content (AvgIpc) is 3.89. The van der Waals surface area contributed by atoms with Crippen molar-refractivity contribution < 1.29 is 0 Å². The second kappa shape index (κ2) is 12.0. The van der Waals surface area contributed by atoms with Crippen LogP contribution in [0.4, 0.5) is 34.1 Å². The van der Waals surface area contributed by atoms with Gasteiger partial charge in [0.15, 0.2) is 0 Å². The summed E-state index contributed by atoms with van der Waals surface area (Å²) in [7, 11) is 0. The molecule has 2 nitrogen and oxygen atoms in total. The SMILES string of the molecule is Cc1ccc(N2c3cccc4c3B(c3ccccc3N4c3ccccc3)c3sc4cc5c(cc4c32)-c2ccc(C(C)(C)C)cc2C52c3ccccc3-c3ccccc32)cc1. The van der Waals surface area contributed by atoms with Crippen LogP contribution in [0.2, 0.25) is 0 Å². The van der Waals surface area contributed by atoms with Gasteiger partial charge in [-0.15, -0.1) is 11.3 Å². The maximum atomic E-state index is 2.60. The van der Waals surface area contributed by atoms with Gasteiger partial charge in [-0.05, 0) is 128 Å². The molecule has 13 rings (SSSR count). The Morgan fingerprint density at radius 2 is 1.10 bits per heavy atom. The Morgan fingerprint density at radius 1 is 0.500 bits per heavy atom. The van der Waals surface area contributed by atoms with Crippen molar-refractivity contribution in [3.05, 3.63) is 209 Å². The van der Waals surface area contributed by atoms with E-state index in [0.29, 0.717) is 0 Å². The number of hydrogen-bond donors (Lipinski definition) is 0. The molecule has 1 spiro atoms. The van der Waals surface area contributed by atoms with Gasteiger partial charge in [0.2, 0.25) is 0 Å². The summed E-state index contributed by atoms with van der Waals surface area (Å²) in [6, 6.07) is 67.0. The van der Waals surface area contributed by atoms with E-state index in [9.17, 15) is 0 Å². The molecule has 2 aliphatic heterocycles. The molecule has 0 fully saturated rings. The van der Waals surface area contributed by atoms with Crippen molar-refractivity contribution in [3.8, 4) is 22.3 Å². The van der Waals surface area contributed by atoms with Crippen LogP contribution in [0.3, 0.4) is 0 Å². The van der Waals surface area contributed by atoms with E-state index in [4.69, 9.17) is 0 Å². The molecule has 0 radical (unpaired) electrons. The zero-order valence-electron chi connectivity index (χ0n) is 34.1. The molecule has 8 aromatic carbocycles. The van der Waals surface area contributed by atoms with E-state index in [1.54, 1.807) is 0 Å². The summed E-state index contributed by atoms with van der Waals surface area (Å²) < 4.78 is 2.73. The smallest absolute Gasteiger partial charge is 0.264 e. The highest BCUT2D eigenvalue weighted by molar-refractivity contribution is 7.33. The minimum atomic E-state index is -0.418. The molecule has 3 heterocycles. The largest absolute Gasteiger partial charge is 0.311 e. The van der Waals surface area contributed by atoms with Crippen LogP contribution in [-0.2, 0) is 10.8 Å². The van der Waals surface area contributed by atoms with Gasteiger partial charge in [-0.2, -0.15) is 0 Å². The fourth-order valence-electron chi connectivity index (χ4n) is 11.3. The van der Waals surface area contributed by atoms with Crippen molar-refractivity contribution in [2.75, 3.05) is 9.80 Å². The highest BCUT2D eigenvalue weighted by Gasteiger charge is 2.53. The Morgan fingerprint density at radius 3 is 1.83 bits per heavy atom. The molecule has 9 aromatic rings. The number of fused-ring (bicyclic) bond motifs is 16. The van der Waals surface area contributed by atoms with Crippen molar-refractivity contribution in [1.29, 1.82) is 0 Å². The van der Waals surface area contributed by atoms with Gasteiger partial charge < -0.3 is 9.80 Å². The predicted octanol–water partition coefficient (Wildman–Crippen LogP) is 12.9. The second-order valence-corrected chi connectivity index (χ2v) is 19.2. The van der Waals surface area contributed by atoms with E-state index < -0.39 is 5.41 Å². The quantitative estimate of drug-likeness (QED) is 0.161. The minimum Gasteiger partial charge on any atom is -0.311 e. The van der Waals surface area contributed by atoms with Gasteiger partial charge in [0.25, 0.3) is 6.71 Å². The Bertz CT molecular complexity index is 3240. The number of anilines is 6. The first-order chi connectivity index (χ1) is 29.3. The third-order valence-corrected chi connectivity index (χ3v) is 15.1. The number of aryl methyl sites for hydroxylation is 1. The number of nitrogens with zero attached hydrogens (tertiary/aromatic N) is 2. The normalized spacial score (nSPS) is 14.7. The van der Waals surface area contributed by atoms with Crippen LogP contribution in [0, 0.1) is 6.92 Å². The molecule has 0 N–H and O–H groups in total. The van der Waals surface area contributed by atoms with Gasteiger partial charge in [-0.1, -0.05) is 148 Å². The lowest BCUT2D eigenvalue weighted by atomic mass is 9.36. The van der Waals surface area contributed by atoms with Crippen LogP contribution < -0.4 is 25.5 Å². The van der Waals surface area contributed by atoms with Crippen molar-refractivity contribution in [3.63, 3.8) is 0 Å². The molecule has 4 aliphatic rings. The number of hydrogen-bond acceptors (Lipinski definition) is 3. The lowest BCUT2D eigenvalue weighted by Crippen LogP contribution is -2.60. The third kappa shape index (κ3) is 4.34. The van der Waals surface area contributed by atoms with E-state index in [0.717, 1.165) is 0 Å². The van der Waals surface area contributed by atoms with Gasteiger partial charge in [0.1, 0.15) is 0 Å². The molecule has 0 unspecified atom stereocenters. The van der Waals surface area contributed by atoms with Crippen LogP contribution in [0.1, 0.15) is 54.2 Å². The van der Waals surface area contributed by atoms with Crippen molar-refractivity contribution in [1.82, 2.24) is 0 Å². The topological polar surface area (TPSA) is 6.48 Å². The maximum absolute atomic E-state index is 2.60. The van der Waals surface area contributed by atoms with Gasteiger partial charge in [-0.3, -0.25) is 0 Å². The zero-order valence-corrected chi connectivity index (χ0v) is 34.9. The number of benzene rings is 8. The first-order valence-electron chi connectivity index (χ1n) is 21.2. The molecular formula is C56H41BN2S. The molecule has 4 heteroatoms. The molecule has 0 saturated carbocycles. The first kappa shape index (κ1) is 34.3. The number of thiophene rings is 1. The van der Waals surface area contributed by atoms with Gasteiger partial charge in [0, 0.05) is 43.3 Å². The first-order valence-corrected chi connectivity index (χ1v) is 22.0. The van der Waals surface area contributed by atoms with Crippen LogP contribution >= 0.6 is 11.3 Å². The molecule has 284 valence electrons. The van der Waals surface area contributed by atoms with Crippen molar-refractivity contribution in [2.24, 2.45) is 0 Å². The van der Waals surface area contributed by atoms with E-state index >= 15 is 0 Å². The summed E-state index contributed by atoms with van der Waals surface area (Å²) in [6.07, 6.45) is 0. The van der Waals surface area contributed by atoms with E-state index in [1.165, 1.54) is 116 Å². The van der Waals surface area contributed by atoms with Crippen molar-refractivity contribution >= 4 is 78.0 Å². The van der Waals surface area contributed by atoms with Crippen LogP contribution in [0.25, 0.3) is 32.3 Å². The lowest BCUT2D eigenvalue weighted by molar-refractivity contribution is 0.588. The minimum absolute atomic E-state index is 0.00914. The summed E-state index contributed by atoms with van der Waals surface area (Å²) >= 11 is 2.00. The Labute approximate surface area is 356 Å². The fraction of sp³-hybridized carbons (Fsp3) is 0.107. The zero-order chi connectivity index (χ0) is 40.1. The van der Waals surface area contributed by atoms with Crippen molar-refractivity contribution in [2.45, 2.75) is 38.5 Å². The number of rotatable bonds is 2. The molecule has 0 saturated heterocycles. The van der Waals surface area contributed by atoms with E-state index in [2.05, 4.69) is 213 Å². The third-order valence-electron chi connectivity index (χ3n) is 13.9. The van der Waals surface area contributed by atoms with Gasteiger partial charge >= 0.3 is 0 Å². The molecule has 0 amide bonds. The summed E-state index contributed by atoms with van der Waals surface area (Å²) in [5.41, 5.74) is 23.3. The molecule has 0 atom stereocenters. The Hall–Kier alpha value is -6.62. The summed E-state index contributed by atoms with van der Waals surface area (Å²) in [5.74, 6) is 0. The molecular weight excluding hydrogens is 744 g/mol. The van der Waals surface area contributed by atoms with E-state index in [1.807, 2.05) is 11.3 Å². The molecule has 1 aromatic heterocycles. The fourth-order valence-corrected chi connectivity index (χ4v) is 12.6. The monoisotopic (exact) mass is 784 g/mol. The molecule has 0 bridgehead atoms. The van der Waals surface area contributed by atoms with Gasteiger partial charge in [-0.25, -0.2) is 0 Å². The highest BCUT2D eigenvalue weighted by atomic mass is 32.1. The van der Waals surface area contributed by atoms with Crippen LogP contribution in [0.15, 0.2) is 176 Å². The lowest BCUT2D eigenvalue weighted by Gasteiger charge is -2.43. The van der Waals surface area contributed by atoms with Crippen LogP contribution in [0.5, 0.6) is 0 Å². The van der Waals surface area contributed by atoms with E-state index in [-0.39, 0.29) is 12.1 Å². The summed E-state index contributed by atoms with van der Waals surface area (Å²) in [4.78, 5) is 5.06. The maximum Gasteiger partial charge on any atom is 0.264 e. The summed E-state index contributed by atoms with van der Waals surface area (Å²) in [5, 5.41) is 1.32. The molecule has 60 heavy (non-hydrogen) atoms. The van der Waals surface area contributed by atoms with Gasteiger partial charge in [0.05, 0.1) is 11.1 Å². The second-order valence-electron chi connectivity index (χ2n) is 18.1. The predicted molar refractivity (Wildman–Crippen MR) is 256 cm³/mol. The highest BCUT2D eigenvalue weighted by Crippen LogP contribution is 2.64. The number of para-hydroxylation sites is 2. The standard InChI is InChI=1S/C56H41BN2S/c1-34-25-28-37(29-26-34)59-50-24-14-23-49-52(50)57(47-21-12-13-22-48(47)58(49)36-15-6-5-7-16-36)54-53(59)42-32-41-40-30-27-35(55(2,3)4)31-45(40)56(46(41)33-51(42)60-54)43-19-10-8-17-38(43)39-18-9-11-20-44(39)56/h5-33H,1-4H3.